The van der Waals surface area contributed by atoms with Crippen LogP contribution in [0.25, 0.3) is 10.9 Å². The number of carbonyl (C=O) groups excluding carboxylic acids is 1. The van der Waals surface area contributed by atoms with Crippen LogP contribution in [0.5, 0.6) is 0 Å². The maximum absolute atomic E-state index is 12.4. The number of para-hydroxylation sites is 1. The number of pyridine rings is 1. The number of fused-ring (bicyclic) bond motifs is 1. The highest BCUT2D eigenvalue weighted by Gasteiger charge is 2.19. The van der Waals surface area contributed by atoms with E-state index in [2.05, 4.69) is 39.6 Å². The number of H-pyrrole nitrogens is 1. The number of aromatic nitrogens is 2. The summed E-state index contributed by atoms with van der Waals surface area (Å²) in [6.45, 7) is 0.501. The minimum absolute atomic E-state index is 0.0556. The number of nitrogens with one attached hydrogen (secondary N) is 2. The summed E-state index contributed by atoms with van der Waals surface area (Å²) < 4.78 is 0. The number of rotatable bonds is 5. The van der Waals surface area contributed by atoms with Crippen molar-refractivity contribution < 1.29 is 4.79 Å². The van der Waals surface area contributed by atoms with Gasteiger partial charge in [-0.25, -0.2) is 0 Å². The first-order valence-corrected chi connectivity index (χ1v) is 8.63. The van der Waals surface area contributed by atoms with Gasteiger partial charge in [-0.3, -0.25) is 9.78 Å². The molecule has 2 aromatic heterocycles. The third-order valence-electron chi connectivity index (χ3n) is 4.56. The number of nitrogens with zero attached hydrogens (tertiary/aromatic N) is 1. The molecule has 0 radical (unpaired) electrons. The highest BCUT2D eigenvalue weighted by molar-refractivity contribution is 5.92. The van der Waals surface area contributed by atoms with Gasteiger partial charge in [0, 0.05) is 35.8 Å². The Hall–Kier alpha value is -3.40. The Labute approximate surface area is 151 Å². The summed E-state index contributed by atoms with van der Waals surface area (Å²) >= 11 is 0. The molecular formula is C22H19N3O. The molecule has 0 saturated heterocycles. The van der Waals surface area contributed by atoms with E-state index in [1.165, 1.54) is 16.5 Å². The van der Waals surface area contributed by atoms with E-state index in [-0.39, 0.29) is 11.8 Å². The van der Waals surface area contributed by atoms with Crippen molar-refractivity contribution in [2.24, 2.45) is 0 Å². The van der Waals surface area contributed by atoms with Gasteiger partial charge in [0.15, 0.2) is 0 Å². The van der Waals surface area contributed by atoms with Crippen LogP contribution < -0.4 is 5.32 Å². The van der Waals surface area contributed by atoms with E-state index in [4.69, 9.17) is 0 Å². The Morgan fingerprint density at radius 1 is 0.962 bits per heavy atom. The fraction of sp³-hybridized carbons (Fsp3) is 0.0909. The van der Waals surface area contributed by atoms with Crippen molar-refractivity contribution in [1.29, 1.82) is 0 Å². The van der Waals surface area contributed by atoms with Gasteiger partial charge < -0.3 is 10.3 Å². The van der Waals surface area contributed by atoms with Gasteiger partial charge in [-0.05, 0) is 29.3 Å². The average molecular weight is 341 g/mol. The van der Waals surface area contributed by atoms with Gasteiger partial charge in [-0.2, -0.15) is 0 Å². The first-order chi connectivity index (χ1) is 12.8. The summed E-state index contributed by atoms with van der Waals surface area (Å²) in [5.74, 6) is -0.105. The molecule has 0 aliphatic carbocycles. The third-order valence-corrected chi connectivity index (χ3v) is 4.56. The molecule has 2 N–H and O–H groups in total. The van der Waals surface area contributed by atoms with Crippen LogP contribution in [0.2, 0.25) is 0 Å². The Morgan fingerprint density at radius 3 is 2.54 bits per heavy atom. The van der Waals surface area contributed by atoms with Crippen LogP contribution in [0.1, 0.15) is 27.5 Å². The number of aromatic amines is 1. The Morgan fingerprint density at radius 2 is 1.73 bits per heavy atom. The maximum Gasteiger partial charge on any atom is 0.269 e. The summed E-state index contributed by atoms with van der Waals surface area (Å²) in [6.07, 6.45) is 3.67. The summed E-state index contributed by atoms with van der Waals surface area (Å²) in [7, 11) is 0. The second-order valence-corrected chi connectivity index (χ2v) is 6.18. The fourth-order valence-corrected chi connectivity index (χ4v) is 3.26. The van der Waals surface area contributed by atoms with E-state index in [1.54, 1.807) is 18.3 Å². The number of carbonyl (C=O) groups is 1. The smallest absolute Gasteiger partial charge is 0.269 e. The lowest BCUT2D eigenvalue weighted by Crippen LogP contribution is -2.29. The van der Waals surface area contributed by atoms with Crippen molar-refractivity contribution >= 4 is 16.8 Å². The second-order valence-electron chi connectivity index (χ2n) is 6.18. The highest BCUT2D eigenvalue weighted by Crippen LogP contribution is 2.30. The molecule has 1 atom stereocenters. The molecule has 4 nitrogen and oxygen atoms in total. The molecule has 2 aromatic carbocycles. The van der Waals surface area contributed by atoms with Gasteiger partial charge in [0.25, 0.3) is 5.91 Å². The Balaban J connectivity index is 1.65. The van der Waals surface area contributed by atoms with E-state index >= 15 is 0 Å². The Kier molecular flexibility index (Phi) is 4.48. The number of amides is 1. The van der Waals surface area contributed by atoms with Gasteiger partial charge in [0.2, 0.25) is 0 Å². The van der Waals surface area contributed by atoms with Crippen molar-refractivity contribution in [2.75, 3.05) is 6.54 Å². The molecule has 4 aromatic rings. The molecule has 4 heteroatoms. The zero-order chi connectivity index (χ0) is 17.8. The normalized spacial score (nSPS) is 12.0. The van der Waals surface area contributed by atoms with Crippen molar-refractivity contribution in [3.05, 3.63) is 102 Å². The lowest BCUT2D eigenvalue weighted by Gasteiger charge is -2.18. The summed E-state index contributed by atoms with van der Waals surface area (Å²) in [5, 5.41) is 4.21. The van der Waals surface area contributed by atoms with Crippen LogP contribution in [0.3, 0.4) is 0 Å². The van der Waals surface area contributed by atoms with Crippen LogP contribution >= 0.6 is 0 Å². The minimum Gasteiger partial charge on any atom is -0.361 e. The van der Waals surface area contributed by atoms with E-state index in [0.29, 0.717) is 12.2 Å². The minimum atomic E-state index is -0.161. The van der Waals surface area contributed by atoms with Crippen LogP contribution in [0, 0.1) is 0 Å². The average Bonchev–Trinajstić information content (AvgIpc) is 3.14. The molecule has 128 valence electrons. The molecule has 0 fully saturated rings. The largest absolute Gasteiger partial charge is 0.361 e. The van der Waals surface area contributed by atoms with E-state index in [0.717, 1.165) is 5.52 Å². The second kappa shape index (κ2) is 7.23. The molecule has 1 amide bonds. The maximum atomic E-state index is 12.4. The molecule has 0 spiro atoms. The topological polar surface area (TPSA) is 57.8 Å². The Bertz CT molecular complexity index is 1010. The quantitative estimate of drug-likeness (QED) is 0.573. The lowest BCUT2D eigenvalue weighted by molar-refractivity contribution is 0.0947. The van der Waals surface area contributed by atoms with E-state index in [9.17, 15) is 4.79 Å². The molecule has 0 aliphatic heterocycles. The summed E-state index contributed by atoms with van der Waals surface area (Å²) in [6, 6.07) is 23.8. The fourth-order valence-electron chi connectivity index (χ4n) is 3.26. The van der Waals surface area contributed by atoms with Crippen LogP contribution in [0.15, 0.2) is 85.2 Å². The van der Waals surface area contributed by atoms with Crippen molar-refractivity contribution in [2.45, 2.75) is 5.92 Å². The van der Waals surface area contributed by atoms with Crippen LogP contribution in [-0.4, -0.2) is 22.4 Å². The first kappa shape index (κ1) is 16.1. The van der Waals surface area contributed by atoms with E-state index < -0.39 is 0 Å². The van der Waals surface area contributed by atoms with Crippen molar-refractivity contribution in [1.82, 2.24) is 15.3 Å². The van der Waals surface area contributed by atoms with Crippen molar-refractivity contribution in [3.63, 3.8) is 0 Å². The third kappa shape index (κ3) is 3.22. The molecule has 0 saturated carbocycles. The van der Waals surface area contributed by atoms with Gasteiger partial charge >= 0.3 is 0 Å². The predicted molar refractivity (Wildman–Crippen MR) is 103 cm³/mol. The van der Waals surface area contributed by atoms with Gasteiger partial charge in [0.1, 0.15) is 5.69 Å². The zero-order valence-corrected chi connectivity index (χ0v) is 14.2. The van der Waals surface area contributed by atoms with Crippen molar-refractivity contribution in [3.8, 4) is 0 Å². The monoisotopic (exact) mass is 341 g/mol. The van der Waals surface area contributed by atoms with Gasteiger partial charge in [-0.15, -0.1) is 0 Å². The van der Waals surface area contributed by atoms with Gasteiger partial charge in [0.05, 0.1) is 0 Å². The molecule has 2 heterocycles. The molecular weight excluding hydrogens is 322 g/mol. The number of hydrogen-bond donors (Lipinski definition) is 2. The molecule has 4 rings (SSSR count). The molecule has 0 aliphatic rings. The van der Waals surface area contributed by atoms with Gasteiger partial charge in [-0.1, -0.05) is 54.6 Å². The summed E-state index contributed by atoms with van der Waals surface area (Å²) in [5.41, 5.74) is 3.87. The SMILES string of the molecule is O=C(NC[C@H](c1ccccc1)c1c[nH]c2ccccc12)c1ccccn1. The zero-order valence-electron chi connectivity index (χ0n) is 14.2. The van der Waals surface area contributed by atoms with E-state index in [1.807, 2.05) is 42.6 Å². The molecule has 0 unspecified atom stereocenters. The standard InChI is InChI=1S/C22H19N3O/c26-22(21-12-6-7-13-23-21)25-14-18(16-8-2-1-3-9-16)19-15-24-20-11-5-4-10-17(19)20/h1-13,15,18,24H,14H2,(H,25,26)/t18-/m1/s1. The number of benzene rings is 2. The van der Waals surface area contributed by atoms with Crippen LogP contribution in [-0.2, 0) is 0 Å². The predicted octanol–water partition coefficient (Wildman–Crippen LogP) is 4.12. The molecule has 26 heavy (non-hydrogen) atoms. The highest BCUT2D eigenvalue weighted by atomic mass is 16.1. The summed E-state index contributed by atoms with van der Waals surface area (Å²) in [4.78, 5) is 19.9. The number of hydrogen-bond acceptors (Lipinski definition) is 2. The first-order valence-electron chi connectivity index (χ1n) is 8.63. The lowest BCUT2D eigenvalue weighted by atomic mass is 9.91. The van der Waals surface area contributed by atoms with Crippen LogP contribution in [0.4, 0.5) is 0 Å². The molecule has 0 bridgehead atoms.